The minimum atomic E-state index is 0.643. The van der Waals surface area contributed by atoms with E-state index >= 15 is 0 Å². The Morgan fingerprint density at radius 2 is 1.15 bits per heavy atom. The maximum atomic E-state index is 4.38. The van der Waals surface area contributed by atoms with Crippen LogP contribution < -0.4 is 5.43 Å². The van der Waals surface area contributed by atoms with E-state index < -0.39 is 0 Å². The van der Waals surface area contributed by atoms with Gasteiger partial charge in [-0.25, -0.2) is 0 Å². The van der Waals surface area contributed by atoms with Crippen LogP contribution in [-0.4, -0.2) is 0 Å². The molecule has 0 unspecified atom stereocenters. The summed E-state index contributed by atoms with van der Waals surface area (Å²) in [7, 11) is 0. The number of azo groups is 1. The van der Waals surface area contributed by atoms with Crippen molar-refractivity contribution in [2.45, 2.75) is 0 Å². The van der Waals surface area contributed by atoms with Crippen molar-refractivity contribution in [1.82, 2.24) is 5.43 Å². The Hall–Kier alpha value is -3.86. The van der Waals surface area contributed by atoms with E-state index in [9.17, 15) is 0 Å². The van der Waals surface area contributed by atoms with Crippen molar-refractivity contribution in [2.24, 2.45) is 20.6 Å². The molecule has 0 aliphatic heterocycles. The molecule has 0 fully saturated rings. The van der Waals surface area contributed by atoms with Crippen molar-refractivity contribution in [1.29, 1.82) is 0 Å². The van der Waals surface area contributed by atoms with Crippen molar-refractivity contribution in [2.75, 3.05) is 0 Å². The van der Waals surface area contributed by atoms with E-state index in [0.29, 0.717) is 11.4 Å². The quantitative estimate of drug-likeness (QED) is 0.270. The highest BCUT2D eigenvalue weighted by Crippen LogP contribution is 2.37. The molecule has 4 rings (SSSR count). The lowest BCUT2D eigenvalue weighted by molar-refractivity contribution is 0.868. The van der Waals surface area contributed by atoms with Gasteiger partial charge in [-0.05, 0) is 40.9 Å². The van der Waals surface area contributed by atoms with E-state index in [1.807, 2.05) is 97.1 Å². The Kier molecular flexibility index (Phi) is 4.93. The second kappa shape index (κ2) is 8.01. The summed E-state index contributed by atoms with van der Waals surface area (Å²) in [5.74, 6) is 0. The first-order chi connectivity index (χ1) is 13.4. The average Bonchev–Trinajstić information content (AvgIpc) is 2.74. The van der Waals surface area contributed by atoms with Crippen LogP contribution in [0, 0.1) is 0 Å². The van der Waals surface area contributed by atoms with Crippen molar-refractivity contribution < 1.29 is 0 Å². The lowest BCUT2D eigenvalue weighted by Crippen LogP contribution is -1.83. The first-order valence-electron chi connectivity index (χ1n) is 8.55. The van der Waals surface area contributed by atoms with Gasteiger partial charge in [0, 0.05) is 5.39 Å². The zero-order chi connectivity index (χ0) is 18.3. The summed E-state index contributed by atoms with van der Waals surface area (Å²) in [5.41, 5.74) is 6.97. The van der Waals surface area contributed by atoms with E-state index in [2.05, 4.69) is 26.0 Å². The lowest BCUT2D eigenvalue weighted by Gasteiger charge is -2.04. The van der Waals surface area contributed by atoms with E-state index in [0.717, 1.165) is 22.1 Å². The van der Waals surface area contributed by atoms with Crippen LogP contribution in [0.5, 0.6) is 0 Å². The Morgan fingerprint density at radius 1 is 0.481 bits per heavy atom. The van der Waals surface area contributed by atoms with Gasteiger partial charge in [-0.15, -0.1) is 15.7 Å². The monoisotopic (exact) mass is 350 g/mol. The normalized spacial score (nSPS) is 11.4. The average molecular weight is 350 g/mol. The number of hydrogen-bond donors (Lipinski definition) is 0. The predicted molar refractivity (Wildman–Crippen MR) is 107 cm³/mol. The molecule has 0 aromatic heterocycles. The molecule has 4 aromatic rings. The zero-order valence-electron chi connectivity index (χ0n) is 14.5. The molecular formula is C22H16N5. The largest absolute Gasteiger partial charge is 0.150 e. The lowest BCUT2D eigenvalue weighted by atomic mass is 10.1. The van der Waals surface area contributed by atoms with Gasteiger partial charge in [0.1, 0.15) is 11.4 Å². The molecule has 0 saturated heterocycles. The maximum Gasteiger partial charge on any atom is 0.123 e. The van der Waals surface area contributed by atoms with Crippen LogP contribution >= 0.6 is 0 Å². The molecule has 0 aliphatic rings. The maximum absolute atomic E-state index is 4.38. The predicted octanol–water partition coefficient (Wildman–Crippen LogP) is 7.19. The van der Waals surface area contributed by atoms with Gasteiger partial charge in [-0.3, -0.25) is 0 Å². The zero-order valence-corrected chi connectivity index (χ0v) is 14.5. The number of benzene rings is 4. The van der Waals surface area contributed by atoms with Gasteiger partial charge >= 0.3 is 0 Å². The fourth-order valence-corrected chi connectivity index (χ4v) is 2.65. The first kappa shape index (κ1) is 16.6. The highest BCUT2D eigenvalue weighted by Gasteiger charge is 2.07. The second-order valence-electron chi connectivity index (χ2n) is 5.81. The van der Waals surface area contributed by atoms with Crippen LogP contribution in [0.2, 0.25) is 0 Å². The van der Waals surface area contributed by atoms with Gasteiger partial charge in [0.05, 0.1) is 11.4 Å². The molecule has 1 radical (unpaired) electrons. The molecule has 0 bridgehead atoms. The molecule has 5 nitrogen and oxygen atoms in total. The topological polar surface area (TPSA) is 63.5 Å². The fourth-order valence-electron chi connectivity index (χ4n) is 2.65. The molecule has 0 atom stereocenters. The van der Waals surface area contributed by atoms with Gasteiger partial charge < -0.3 is 0 Å². The molecule has 0 aliphatic carbocycles. The summed E-state index contributed by atoms with van der Waals surface area (Å²) < 4.78 is 0. The number of fused-ring (bicyclic) bond motifs is 1. The van der Waals surface area contributed by atoms with Crippen LogP contribution in [0.3, 0.4) is 0 Å². The third-order valence-electron chi connectivity index (χ3n) is 3.97. The molecular weight excluding hydrogens is 334 g/mol. The highest BCUT2D eigenvalue weighted by molar-refractivity contribution is 5.97. The SMILES string of the molecule is c1ccc([N]N=Nc2c(N=Nc3ccccc3)ccc3ccccc23)cc1. The Morgan fingerprint density at radius 3 is 1.93 bits per heavy atom. The molecule has 0 spiro atoms. The molecule has 4 aromatic carbocycles. The third-order valence-corrected chi connectivity index (χ3v) is 3.97. The summed E-state index contributed by atoms with van der Waals surface area (Å²) in [4.78, 5) is 0. The second-order valence-corrected chi connectivity index (χ2v) is 5.81. The summed E-state index contributed by atoms with van der Waals surface area (Å²) in [6, 6.07) is 31.0. The summed E-state index contributed by atoms with van der Waals surface area (Å²) in [6.45, 7) is 0. The van der Waals surface area contributed by atoms with Crippen molar-refractivity contribution >= 4 is 33.5 Å². The molecule has 27 heavy (non-hydrogen) atoms. The summed E-state index contributed by atoms with van der Waals surface area (Å²) in [6.07, 6.45) is 0. The van der Waals surface area contributed by atoms with Gasteiger partial charge in [-0.1, -0.05) is 66.7 Å². The minimum absolute atomic E-state index is 0.643. The first-order valence-corrected chi connectivity index (χ1v) is 8.55. The van der Waals surface area contributed by atoms with Gasteiger partial charge in [0.15, 0.2) is 0 Å². The van der Waals surface area contributed by atoms with Gasteiger partial charge in [-0.2, -0.15) is 5.11 Å². The smallest absolute Gasteiger partial charge is 0.123 e. The number of nitrogens with zero attached hydrogens (tertiary/aromatic N) is 5. The van der Waals surface area contributed by atoms with Crippen LogP contribution in [0.4, 0.5) is 22.7 Å². The molecule has 5 heteroatoms. The molecule has 129 valence electrons. The van der Waals surface area contributed by atoms with Crippen molar-refractivity contribution in [3.05, 3.63) is 97.1 Å². The Balaban J connectivity index is 1.70. The number of rotatable bonds is 5. The van der Waals surface area contributed by atoms with Crippen LogP contribution in [0.1, 0.15) is 0 Å². The molecule has 0 N–H and O–H groups in total. The molecule has 0 saturated carbocycles. The summed E-state index contributed by atoms with van der Waals surface area (Å²) in [5, 5.41) is 19.1. The van der Waals surface area contributed by atoms with Crippen molar-refractivity contribution in [3.8, 4) is 0 Å². The van der Waals surface area contributed by atoms with E-state index in [-0.39, 0.29) is 0 Å². The van der Waals surface area contributed by atoms with E-state index in [4.69, 9.17) is 0 Å². The standard InChI is InChI=1S/C22H16N5/c1-3-10-18(11-4-1)23-25-21-16-15-17-9-7-8-14-20(17)22(21)26-27-24-19-12-5-2-6-13-19/h1-16H. The molecule has 0 amide bonds. The van der Waals surface area contributed by atoms with Crippen LogP contribution in [0.15, 0.2) is 118 Å². The summed E-state index contributed by atoms with van der Waals surface area (Å²) >= 11 is 0. The molecule has 0 heterocycles. The Bertz CT molecular complexity index is 1090. The fraction of sp³-hybridized carbons (Fsp3) is 0. The Labute approximate surface area is 157 Å². The van der Waals surface area contributed by atoms with E-state index in [1.54, 1.807) is 0 Å². The van der Waals surface area contributed by atoms with Gasteiger partial charge in [0.2, 0.25) is 0 Å². The van der Waals surface area contributed by atoms with Crippen molar-refractivity contribution in [3.63, 3.8) is 0 Å². The van der Waals surface area contributed by atoms with Gasteiger partial charge in [0.25, 0.3) is 0 Å². The minimum Gasteiger partial charge on any atom is -0.150 e. The van der Waals surface area contributed by atoms with Crippen LogP contribution in [-0.2, 0) is 0 Å². The number of hydrogen-bond acceptors (Lipinski definition) is 4. The van der Waals surface area contributed by atoms with Crippen LogP contribution in [0.25, 0.3) is 10.8 Å². The highest BCUT2D eigenvalue weighted by atomic mass is 15.4. The van der Waals surface area contributed by atoms with E-state index in [1.165, 1.54) is 0 Å². The third kappa shape index (κ3) is 4.04.